The second kappa shape index (κ2) is 42.8. The molecule has 0 rings (SSSR count). The number of carboxylic acid groups (broad SMARTS) is 4. The Kier molecular flexibility index (Phi) is 185. The predicted octanol–water partition coefficient (Wildman–Crippen LogP) is -5.79. The number of carbonyl (C=O) groups excluding carboxylic acids is 2. The Morgan fingerprint density at radius 1 is 0.692 bits per heavy atom. The number of hydrogen-bond donors (Lipinski definition) is 2. The predicted molar refractivity (Wildman–Crippen MR) is 30.0 cm³/mol. The Bertz CT molecular complexity index is 78.1. The molecule has 0 radical (unpaired) electrons. The van der Waals surface area contributed by atoms with Crippen molar-refractivity contribution < 1.29 is 67.2 Å². The van der Waals surface area contributed by atoms with E-state index in [-0.39, 0.29) is 49.5 Å². The number of rotatable bonds is 0. The van der Waals surface area contributed by atoms with Crippen LogP contribution in [0.25, 0.3) is 0 Å². The molecule has 0 unspecified atom stereocenters. The van der Waals surface area contributed by atoms with Gasteiger partial charge < -0.3 is 53.3 Å². The Morgan fingerprint density at radius 3 is 0.692 bits per heavy atom. The SMILES string of the molecule is O.O.O=C([O-])[O-].O=C([O-])[O-].[NH4+].[NH4+].[Zr+2]. The third-order valence-electron chi connectivity index (χ3n) is 0. The molecule has 0 heterocycles. The topological polar surface area (TPSA) is 262 Å². The van der Waals surface area contributed by atoms with Gasteiger partial charge in [0, 0.05) is 0 Å². The van der Waals surface area contributed by atoms with E-state index in [0.717, 1.165) is 0 Å². The molecular weight excluding hydrogens is 271 g/mol. The summed E-state index contributed by atoms with van der Waals surface area (Å²) in [5.41, 5.74) is 0. The van der Waals surface area contributed by atoms with Crippen molar-refractivity contribution in [3.63, 3.8) is 0 Å². The summed E-state index contributed by atoms with van der Waals surface area (Å²) in [5.74, 6) is 0. The monoisotopic (exact) mass is 282 g/mol. The first kappa shape index (κ1) is 56.2. The number of hydrogen-bond acceptors (Lipinski definition) is 6. The van der Waals surface area contributed by atoms with Crippen molar-refractivity contribution in [2.45, 2.75) is 0 Å². The maximum Gasteiger partial charge on any atom is 2.00 e. The Labute approximate surface area is 92.1 Å². The van der Waals surface area contributed by atoms with Gasteiger partial charge in [0.1, 0.15) is 0 Å². The van der Waals surface area contributed by atoms with Gasteiger partial charge in [0.2, 0.25) is 0 Å². The van der Waals surface area contributed by atoms with Gasteiger partial charge >= 0.3 is 26.2 Å². The van der Waals surface area contributed by atoms with E-state index in [1.54, 1.807) is 0 Å². The van der Waals surface area contributed by atoms with Crippen molar-refractivity contribution in [3.8, 4) is 0 Å². The zero-order valence-electron chi connectivity index (χ0n) is 6.95. The fraction of sp³-hybridized carbons (Fsp3) is 0. The van der Waals surface area contributed by atoms with Crippen LogP contribution in [-0.4, -0.2) is 23.3 Å². The minimum atomic E-state index is -2.33. The summed E-state index contributed by atoms with van der Waals surface area (Å²) in [6.07, 6.45) is -4.67. The van der Waals surface area contributed by atoms with Crippen molar-refractivity contribution in [3.05, 3.63) is 0 Å². The van der Waals surface area contributed by atoms with Gasteiger partial charge in [0.05, 0.1) is 0 Å². The van der Waals surface area contributed by atoms with E-state index >= 15 is 0 Å². The molecule has 0 aliphatic rings. The van der Waals surface area contributed by atoms with E-state index in [0.29, 0.717) is 0 Å². The quantitative estimate of drug-likeness (QED) is 0.436. The van der Waals surface area contributed by atoms with E-state index in [9.17, 15) is 0 Å². The third-order valence-corrected chi connectivity index (χ3v) is 0. The minimum absolute atomic E-state index is 0. The van der Waals surface area contributed by atoms with E-state index in [2.05, 4.69) is 0 Å². The first-order valence-corrected chi connectivity index (χ1v) is 1.22. The maximum atomic E-state index is 8.33. The average Bonchev–Trinajstić information content (AvgIpc) is 1.25. The fourth-order valence-corrected chi connectivity index (χ4v) is 0. The van der Waals surface area contributed by atoms with E-state index < -0.39 is 12.3 Å². The van der Waals surface area contributed by atoms with Crippen molar-refractivity contribution in [1.29, 1.82) is 0 Å². The van der Waals surface area contributed by atoms with Gasteiger partial charge in [0.25, 0.3) is 0 Å². The molecule has 0 saturated heterocycles. The van der Waals surface area contributed by atoms with Gasteiger partial charge in [-0.05, 0) is 12.3 Å². The molecule has 0 spiro atoms. The molecule has 12 N–H and O–H groups in total. The summed E-state index contributed by atoms with van der Waals surface area (Å²) in [6, 6.07) is 0. The number of carbonyl (C=O) groups is 2. The van der Waals surface area contributed by atoms with Crippen LogP contribution in [0.15, 0.2) is 0 Å². The summed E-state index contributed by atoms with van der Waals surface area (Å²) in [5, 5.41) is 33.3. The first-order chi connectivity index (χ1) is 3.46. The molecule has 11 heteroatoms. The minimum Gasteiger partial charge on any atom is -0.652 e. The van der Waals surface area contributed by atoms with E-state index in [4.69, 9.17) is 30.0 Å². The molecule has 0 saturated carbocycles. The van der Waals surface area contributed by atoms with Crippen LogP contribution in [0.3, 0.4) is 0 Å². The molecule has 10 nitrogen and oxygen atoms in total. The van der Waals surface area contributed by atoms with Crippen LogP contribution in [0.5, 0.6) is 0 Å². The molecule has 0 atom stereocenters. The standard InChI is InChI=1S/2CH2O3.2H3N.2H2O.Zr/c2*2-1(3)4;;;;;/h2*(H2,2,3,4);2*1H3;2*1H2;/q;;;;;;+2/p-2. The van der Waals surface area contributed by atoms with Crippen LogP contribution in [0, 0.1) is 0 Å². The fourth-order valence-electron chi connectivity index (χ4n) is 0. The van der Waals surface area contributed by atoms with Gasteiger partial charge in [-0.2, -0.15) is 0 Å². The molecule has 0 aromatic heterocycles. The van der Waals surface area contributed by atoms with Crippen LogP contribution in [0.4, 0.5) is 9.59 Å². The van der Waals surface area contributed by atoms with Crippen molar-refractivity contribution >= 4 is 12.3 Å². The van der Waals surface area contributed by atoms with Gasteiger partial charge in [-0.15, -0.1) is 0 Å². The second-order valence-corrected chi connectivity index (χ2v) is 0.500. The smallest absolute Gasteiger partial charge is 0.652 e. The van der Waals surface area contributed by atoms with Gasteiger partial charge in [-0.3, -0.25) is 0 Å². The zero-order valence-corrected chi connectivity index (χ0v) is 9.41. The molecule has 0 aliphatic heterocycles. The number of quaternary nitrogens is 2. The summed E-state index contributed by atoms with van der Waals surface area (Å²) in [7, 11) is 0. The molecule has 0 fully saturated rings. The van der Waals surface area contributed by atoms with Gasteiger partial charge in [-0.25, -0.2) is 0 Å². The van der Waals surface area contributed by atoms with Crippen LogP contribution in [-0.2, 0) is 26.2 Å². The molecule has 13 heavy (non-hydrogen) atoms. The Balaban J connectivity index is -0.00000000800. The summed E-state index contributed by atoms with van der Waals surface area (Å²) in [6.45, 7) is 0. The third kappa shape index (κ3) is 1780. The van der Waals surface area contributed by atoms with Crippen LogP contribution < -0.4 is 32.7 Å². The summed E-state index contributed by atoms with van der Waals surface area (Å²) >= 11 is 0. The molecule has 0 aliphatic carbocycles. The average molecular weight is 283 g/mol. The van der Waals surface area contributed by atoms with Crippen LogP contribution in [0.2, 0.25) is 0 Å². The zero-order chi connectivity index (χ0) is 7.15. The molecule has 82 valence electrons. The largest absolute Gasteiger partial charge is 2.00 e. The summed E-state index contributed by atoms with van der Waals surface area (Å²) < 4.78 is 0. The Morgan fingerprint density at radius 2 is 0.692 bits per heavy atom. The van der Waals surface area contributed by atoms with Crippen LogP contribution >= 0.6 is 0 Å². The summed E-state index contributed by atoms with van der Waals surface area (Å²) in [4.78, 5) is 16.7. The van der Waals surface area contributed by atoms with Crippen molar-refractivity contribution in [2.24, 2.45) is 0 Å². The molecule has 0 bridgehead atoms. The molecular formula is C2H12N2O8Zr. The maximum absolute atomic E-state index is 8.33. The van der Waals surface area contributed by atoms with Gasteiger partial charge in [0.15, 0.2) is 0 Å². The van der Waals surface area contributed by atoms with E-state index in [1.807, 2.05) is 0 Å². The van der Waals surface area contributed by atoms with Gasteiger partial charge in [-0.1, -0.05) is 0 Å². The molecule has 0 amide bonds. The van der Waals surface area contributed by atoms with Crippen LogP contribution in [0.1, 0.15) is 0 Å². The van der Waals surface area contributed by atoms with E-state index in [1.165, 1.54) is 0 Å². The van der Waals surface area contributed by atoms with Crippen molar-refractivity contribution in [1.82, 2.24) is 12.3 Å². The second-order valence-electron chi connectivity index (χ2n) is 0.500. The molecule has 0 aromatic rings. The van der Waals surface area contributed by atoms with Crippen molar-refractivity contribution in [2.75, 3.05) is 0 Å². The molecule has 0 aromatic carbocycles. The first-order valence-electron chi connectivity index (χ1n) is 1.22. The normalized spacial score (nSPS) is 3.69. The Hall–Kier alpha value is -0.737.